The van der Waals surface area contributed by atoms with E-state index in [1.54, 1.807) is 13.0 Å². The van der Waals surface area contributed by atoms with Gasteiger partial charge in [-0.25, -0.2) is 17.5 Å². The normalized spacial score (nSPS) is 12.2. The smallest absolute Gasteiger partial charge is 0.327 e. The van der Waals surface area contributed by atoms with Gasteiger partial charge in [-0.3, -0.25) is 10.1 Å². The van der Waals surface area contributed by atoms with Gasteiger partial charge in [0.05, 0.1) is 17.2 Å². The fourth-order valence-electron chi connectivity index (χ4n) is 2.50. The van der Waals surface area contributed by atoms with Gasteiger partial charge in [-0.1, -0.05) is 24.3 Å². The van der Waals surface area contributed by atoms with Crippen molar-refractivity contribution >= 4 is 27.4 Å². The van der Waals surface area contributed by atoms with Crippen LogP contribution in [-0.4, -0.2) is 37.1 Å². The number of hydrogen-bond acceptors (Lipinski definition) is 6. The average Bonchev–Trinajstić information content (AvgIpc) is 2.63. The molecule has 10 heteroatoms. The van der Waals surface area contributed by atoms with E-state index in [1.807, 2.05) is 0 Å². The molecule has 0 aliphatic rings. The van der Waals surface area contributed by atoms with E-state index in [4.69, 9.17) is 4.74 Å². The van der Waals surface area contributed by atoms with Gasteiger partial charge in [0.1, 0.15) is 11.8 Å². The van der Waals surface area contributed by atoms with Gasteiger partial charge < -0.3 is 9.84 Å². The second kappa shape index (κ2) is 8.04. The molecule has 9 nitrogen and oxygen atoms in total. The first-order valence-electron chi connectivity index (χ1n) is 7.94. The van der Waals surface area contributed by atoms with Gasteiger partial charge in [0.25, 0.3) is 15.7 Å². The van der Waals surface area contributed by atoms with Crippen molar-refractivity contribution in [2.45, 2.75) is 24.8 Å². The molecule has 0 saturated carbocycles. The van der Waals surface area contributed by atoms with Crippen molar-refractivity contribution in [2.75, 3.05) is 10.9 Å². The van der Waals surface area contributed by atoms with Crippen LogP contribution in [-0.2, 0) is 14.8 Å². The molecule has 2 rings (SSSR count). The summed E-state index contributed by atoms with van der Waals surface area (Å²) in [6.45, 7) is 3.09. The van der Waals surface area contributed by atoms with Crippen LogP contribution >= 0.6 is 0 Å². The summed E-state index contributed by atoms with van der Waals surface area (Å²) in [5, 5.41) is 20.7. The average molecular weight is 394 g/mol. The van der Waals surface area contributed by atoms with Crippen molar-refractivity contribution in [1.29, 1.82) is 0 Å². The van der Waals surface area contributed by atoms with E-state index in [-0.39, 0.29) is 18.0 Å². The highest BCUT2D eigenvalue weighted by Crippen LogP contribution is 2.36. The summed E-state index contributed by atoms with van der Waals surface area (Å²) in [5.41, 5.74) is -0.665. The van der Waals surface area contributed by atoms with Crippen LogP contribution in [0.3, 0.4) is 0 Å². The van der Waals surface area contributed by atoms with E-state index in [0.717, 1.165) is 12.1 Å². The number of sulfonamides is 1. The van der Waals surface area contributed by atoms with E-state index in [1.165, 1.54) is 37.3 Å². The molecule has 1 unspecified atom stereocenters. The van der Waals surface area contributed by atoms with Crippen LogP contribution < -0.4 is 9.04 Å². The SMILES string of the molecule is CCOc1ccccc1N(C(C)C(=O)O)S(=O)(=O)c1ccccc1[N+](=O)[O-]. The number of anilines is 1. The number of benzene rings is 2. The van der Waals surface area contributed by atoms with E-state index in [0.29, 0.717) is 4.31 Å². The third-order valence-corrected chi connectivity index (χ3v) is 5.64. The second-order valence-electron chi connectivity index (χ2n) is 5.44. The van der Waals surface area contributed by atoms with E-state index in [9.17, 15) is 28.4 Å². The Hall–Kier alpha value is -3.14. The van der Waals surface area contributed by atoms with E-state index in [2.05, 4.69) is 0 Å². The van der Waals surface area contributed by atoms with E-state index >= 15 is 0 Å². The first-order chi connectivity index (χ1) is 12.7. The molecular formula is C17H18N2O7S. The Morgan fingerprint density at radius 1 is 1.22 bits per heavy atom. The van der Waals surface area contributed by atoms with Crippen molar-refractivity contribution in [3.8, 4) is 5.75 Å². The molecule has 0 heterocycles. The number of aliphatic carboxylic acids is 1. The molecule has 0 aliphatic heterocycles. The minimum absolute atomic E-state index is 0.0209. The quantitative estimate of drug-likeness (QED) is 0.538. The first kappa shape index (κ1) is 20.2. The van der Waals surface area contributed by atoms with Crippen molar-refractivity contribution in [2.24, 2.45) is 0 Å². The highest BCUT2D eigenvalue weighted by molar-refractivity contribution is 7.93. The zero-order valence-electron chi connectivity index (χ0n) is 14.6. The molecule has 27 heavy (non-hydrogen) atoms. The zero-order valence-corrected chi connectivity index (χ0v) is 15.4. The summed E-state index contributed by atoms with van der Waals surface area (Å²) >= 11 is 0. The Morgan fingerprint density at radius 2 is 1.81 bits per heavy atom. The van der Waals surface area contributed by atoms with Gasteiger partial charge in [0, 0.05) is 6.07 Å². The van der Waals surface area contributed by atoms with Crippen LogP contribution in [0.25, 0.3) is 0 Å². The number of nitro benzene ring substituents is 1. The molecule has 0 fully saturated rings. The minimum atomic E-state index is -4.58. The van der Waals surface area contributed by atoms with Gasteiger partial charge >= 0.3 is 5.97 Å². The lowest BCUT2D eigenvalue weighted by atomic mass is 10.2. The van der Waals surface area contributed by atoms with Gasteiger partial charge in [-0.2, -0.15) is 0 Å². The monoisotopic (exact) mass is 394 g/mol. The summed E-state index contributed by atoms with van der Waals surface area (Å²) in [5.74, 6) is -1.27. The van der Waals surface area contributed by atoms with Crippen LogP contribution in [0.2, 0.25) is 0 Å². The Kier molecular flexibility index (Phi) is 6.01. The van der Waals surface area contributed by atoms with Crippen molar-refractivity contribution in [3.05, 3.63) is 58.6 Å². The number of carboxylic acids is 1. The molecule has 0 radical (unpaired) electrons. The Bertz CT molecular complexity index is 959. The third kappa shape index (κ3) is 4.00. The maximum atomic E-state index is 13.3. The van der Waals surface area contributed by atoms with Crippen LogP contribution in [0, 0.1) is 10.1 Å². The largest absolute Gasteiger partial charge is 0.492 e. The lowest BCUT2D eigenvalue weighted by Crippen LogP contribution is -2.43. The van der Waals surface area contributed by atoms with Crippen molar-refractivity contribution < 1.29 is 28.0 Å². The topological polar surface area (TPSA) is 127 Å². The van der Waals surface area contributed by atoms with Gasteiger partial charge in [0.15, 0.2) is 4.90 Å². The first-order valence-corrected chi connectivity index (χ1v) is 9.38. The Labute approximate surface area is 156 Å². The number of nitro groups is 1. The molecule has 0 saturated heterocycles. The van der Waals surface area contributed by atoms with E-state index < -0.39 is 37.5 Å². The number of rotatable bonds is 8. The van der Waals surface area contributed by atoms with Gasteiger partial charge in [0.2, 0.25) is 0 Å². The highest BCUT2D eigenvalue weighted by atomic mass is 32.2. The maximum Gasteiger partial charge on any atom is 0.327 e. The molecule has 0 amide bonds. The van der Waals surface area contributed by atoms with Gasteiger partial charge in [-0.15, -0.1) is 0 Å². The van der Waals surface area contributed by atoms with Gasteiger partial charge in [-0.05, 0) is 32.0 Å². The summed E-state index contributed by atoms with van der Waals surface area (Å²) < 4.78 is 32.6. The predicted octanol–water partition coefficient (Wildman–Crippen LogP) is 2.66. The third-order valence-electron chi connectivity index (χ3n) is 3.71. The molecule has 2 aromatic rings. The van der Waals surface area contributed by atoms with Crippen LogP contribution in [0.15, 0.2) is 53.4 Å². The highest BCUT2D eigenvalue weighted by Gasteiger charge is 2.38. The molecule has 1 N–H and O–H groups in total. The maximum absolute atomic E-state index is 13.3. The number of ether oxygens (including phenoxy) is 1. The predicted molar refractivity (Wildman–Crippen MR) is 97.5 cm³/mol. The number of nitrogens with zero attached hydrogens (tertiary/aromatic N) is 2. The second-order valence-corrected chi connectivity index (χ2v) is 7.22. The van der Waals surface area contributed by atoms with Crippen molar-refractivity contribution in [3.63, 3.8) is 0 Å². The van der Waals surface area contributed by atoms with Crippen molar-refractivity contribution in [1.82, 2.24) is 0 Å². The summed E-state index contributed by atoms with van der Waals surface area (Å²) in [6, 6.07) is 9.25. The molecule has 0 spiro atoms. The Morgan fingerprint density at radius 3 is 2.41 bits per heavy atom. The lowest BCUT2D eigenvalue weighted by molar-refractivity contribution is -0.387. The number of carbonyl (C=O) groups is 1. The molecular weight excluding hydrogens is 376 g/mol. The standard InChI is InChI=1S/C17H18N2O7S/c1-3-26-15-10-6-4-8-13(15)18(12(2)17(20)21)27(24,25)16-11-7-5-9-14(16)19(22)23/h4-12H,3H2,1-2H3,(H,20,21). The van der Waals surface area contributed by atoms with Crippen LogP contribution in [0.4, 0.5) is 11.4 Å². The lowest BCUT2D eigenvalue weighted by Gasteiger charge is -2.29. The van der Waals surface area contributed by atoms with Crippen LogP contribution in [0.1, 0.15) is 13.8 Å². The number of carboxylic acid groups (broad SMARTS) is 1. The molecule has 0 bridgehead atoms. The van der Waals surface area contributed by atoms with Crippen LogP contribution in [0.5, 0.6) is 5.75 Å². The number of para-hydroxylation sites is 3. The molecule has 0 aromatic heterocycles. The summed E-state index contributed by atoms with van der Waals surface area (Å²) in [6.07, 6.45) is 0. The molecule has 144 valence electrons. The molecule has 1 atom stereocenters. The molecule has 0 aliphatic carbocycles. The fourth-order valence-corrected chi connectivity index (χ4v) is 4.28. The summed E-state index contributed by atoms with van der Waals surface area (Å²) in [7, 11) is -4.58. The zero-order chi connectivity index (χ0) is 20.2. The Balaban J connectivity index is 2.76. The summed E-state index contributed by atoms with van der Waals surface area (Å²) in [4.78, 5) is 21.5. The molecule has 2 aromatic carbocycles. The minimum Gasteiger partial charge on any atom is -0.492 e. The fraction of sp³-hybridized carbons (Fsp3) is 0.235. The number of hydrogen-bond donors (Lipinski definition) is 1.